The predicted octanol–water partition coefficient (Wildman–Crippen LogP) is 4.85. The number of halogens is 1. The van der Waals surface area contributed by atoms with Crippen LogP contribution in [0.25, 0.3) is 0 Å². The van der Waals surface area contributed by atoms with E-state index in [0.717, 1.165) is 52.2 Å². The number of hydrogen-bond acceptors (Lipinski definition) is 6. The van der Waals surface area contributed by atoms with Crippen LogP contribution < -0.4 is 10.6 Å². The Morgan fingerprint density at radius 2 is 2.00 bits per heavy atom. The monoisotopic (exact) mass is 425 g/mol. The second-order valence-electron chi connectivity index (χ2n) is 7.51. The van der Waals surface area contributed by atoms with Crippen LogP contribution in [0.5, 0.6) is 0 Å². The maximum atomic E-state index is 6.33. The van der Waals surface area contributed by atoms with Gasteiger partial charge in [0.2, 0.25) is 0 Å². The SMILES string of the molecule is Br.CCCCCN(C)c1ncnc2c1N=C1CC(C)(C)CC(N)=C1S2. The van der Waals surface area contributed by atoms with Crippen molar-refractivity contribution in [3.63, 3.8) is 0 Å². The van der Waals surface area contributed by atoms with E-state index in [1.165, 1.54) is 19.3 Å². The third kappa shape index (κ3) is 4.37. The molecule has 0 amide bonds. The molecule has 1 aromatic heterocycles. The molecule has 0 bridgehead atoms. The van der Waals surface area contributed by atoms with Crippen LogP contribution in [0.3, 0.4) is 0 Å². The van der Waals surface area contributed by atoms with Crippen LogP contribution in [0, 0.1) is 5.41 Å². The largest absolute Gasteiger partial charge is 0.401 e. The lowest BCUT2D eigenvalue weighted by atomic mass is 9.78. The van der Waals surface area contributed by atoms with E-state index in [9.17, 15) is 0 Å². The Bertz CT molecular complexity index is 699. The molecule has 0 spiro atoms. The molecule has 3 rings (SSSR count). The van der Waals surface area contributed by atoms with Crippen LogP contribution in [-0.2, 0) is 0 Å². The van der Waals surface area contributed by atoms with Gasteiger partial charge in [-0.2, -0.15) is 0 Å². The van der Waals surface area contributed by atoms with Crippen LogP contribution in [0.2, 0.25) is 0 Å². The van der Waals surface area contributed by atoms with Gasteiger partial charge in [0.15, 0.2) is 5.82 Å². The normalized spacial score (nSPS) is 18.0. The van der Waals surface area contributed by atoms with Crippen LogP contribution in [0.4, 0.5) is 11.5 Å². The second kappa shape index (κ2) is 8.08. The van der Waals surface area contributed by atoms with Crippen molar-refractivity contribution in [1.82, 2.24) is 9.97 Å². The quantitative estimate of drug-likeness (QED) is 0.539. The molecule has 0 atom stereocenters. The van der Waals surface area contributed by atoms with Gasteiger partial charge in [0.25, 0.3) is 0 Å². The Labute approximate surface area is 165 Å². The summed E-state index contributed by atoms with van der Waals surface area (Å²) in [5, 5.41) is 0.920. The van der Waals surface area contributed by atoms with Crippen molar-refractivity contribution in [3.05, 3.63) is 16.9 Å². The first-order valence-corrected chi connectivity index (χ1v) is 9.53. The van der Waals surface area contributed by atoms with Gasteiger partial charge in [0, 0.05) is 19.3 Å². The molecule has 25 heavy (non-hydrogen) atoms. The van der Waals surface area contributed by atoms with Crippen molar-refractivity contribution >= 4 is 46.0 Å². The van der Waals surface area contributed by atoms with Crippen molar-refractivity contribution in [2.24, 2.45) is 16.1 Å². The van der Waals surface area contributed by atoms with Gasteiger partial charge in [0.05, 0.1) is 10.6 Å². The molecule has 1 aromatic rings. The summed E-state index contributed by atoms with van der Waals surface area (Å²) in [4.78, 5) is 17.2. The Morgan fingerprint density at radius 1 is 1.24 bits per heavy atom. The summed E-state index contributed by atoms with van der Waals surface area (Å²) < 4.78 is 0. The van der Waals surface area contributed by atoms with E-state index in [1.807, 2.05) is 0 Å². The van der Waals surface area contributed by atoms with Gasteiger partial charge >= 0.3 is 0 Å². The van der Waals surface area contributed by atoms with E-state index in [4.69, 9.17) is 10.7 Å². The number of rotatable bonds is 5. The lowest BCUT2D eigenvalue weighted by Crippen LogP contribution is -2.29. The fourth-order valence-corrected chi connectivity index (χ4v) is 4.30. The summed E-state index contributed by atoms with van der Waals surface area (Å²) in [6, 6.07) is 0. The summed E-state index contributed by atoms with van der Waals surface area (Å²) in [6.07, 6.45) is 7.12. The highest BCUT2D eigenvalue weighted by Crippen LogP contribution is 2.49. The van der Waals surface area contributed by atoms with Crippen LogP contribution >= 0.6 is 28.7 Å². The number of hydrogen-bond donors (Lipinski definition) is 1. The van der Waals surface area contributed by atoms with E-state index in [0.29, 0.717) is 0 Å². The summed E-state index contributed by atoms with van der Waals surface area (Å²) in [6.45, 7) is 7.71. The third-order valence-electron chi connectivity index (χ3n) is 4.54. The van der Waals surface area contributed by atoms with Crippen LogP contribution in [0.1, 0.15) is 52.9 Å². The Hall–Kier alpha value is -1.08. The second-order valence-corrected chi connectivity index (χ2v) is 8.51. The molecule has 0 saturated heterocycles. The van der Waals surface area contributed by atoms with Gasteiger partial charge in [-0.3, -0.25) is 0 Å². The minimum absolute atomic E-state index is 0. The minimum Gasteiger partial charge on any atom is -0.401 e. The smallest absolute Gasteiger partial charge is 0.158 e. The van der Waals surface area contributed by atoms with E-state index in [1.54, 1.807) is 18.1 Å². The minimum atomic E-state index is 0. The molecular formula is C18H28BrN5S. The number of thioether (sulfide) groups is 1. The summed E-state index contributed by atoms with van der Waals surface area (Å²) in [5.74, 6) is 0.928. The first kappa shape index (κ1) is 20.2. The molecule has 7 heteroatoms. The molecule has 2 aliphatic rings. The highest BCUT2D eigenvalue weighted by atomic mass is 79.9. The number of anilines is 1. The fourth-order valence-electron chi connectivity index (χ4n) is 3.33. The first-order valence-electron chi connectivity index (χ1n) is 8.72. The Morgan fingerprint density at radius 3 is 2.72 bits per heavy atom. The summed E-state index contributed by atoms with van der Waals surface area (Å²) in [5.41, 5.74) is 9.43. The highest BCUT2D eigenvalue weighted by molar-refractivity contribution is 8.93. The van der Waals surface area contributed by atoms with Crippen molar-refractivity contribution in [2.75, 3.05) is 18.5 Å². The number of aromatic nitrogens is 2. The Balaban J connectivity index is 0.00000225. The van der Waals surface area contributed by atoms with E-state index in [2.05, 4.69) is 42.7 Å². The number of fused-ring (bicyclic) bond motifs is 2. The molecule has 1 aliphatic heterocycles. The lowest BCUT2D eigenvalue weighted by molar-refractivity contribution is 0.371. The highest BCUT2D eigenvalue weighted by Gasteiger charge is 2.34. The molecule has 1 aliphatic carbocycles. The number of nitrogens with two attached hydrogens (primary N) is 1. The van der Waals surface area contributed by atoms with Gasteiger partial charge in [-0.05, 0) is 24.7 Å². The molecule has 0 saturated carbocycles. The van der Waals surface area contributed by atoms with Crippen molar-refractivity contribution in [1.29, 1.82) is 0 Å². The van der Waals surface area contributed by atoms with Gasteiger partial charge < -0.3 is 10.6 Å². The number of aliphatic imine (C=N–C) groups is 1. The van der Waals surface area contributed by atoms with E-state index in [-0.39, 0.29) is 22.4 Å². The number of nitrogens with zero attached hydrogens (tertiary/aromatic N) is 4. The van der Waals surface area contributed by atoms with E-state index < -0.39 is 0 Å². The van der Waals surface area contributed by atoms with Gasteiger partial charge in [-0.1, -0.05) is 45.4 Å². The molecule has 5 nitrogen and oxygen atoms in total. The summed E-state index contributed by atoms with van der Waals surface area (Å²) >= 11 is 1.66. The van der Waals surface area contributed by atoms with Gasteiger partial charge in [-0.15, -0.1) is 17.0 Å². The predicted molar refractivity (Wildman–Crippen MR) is 112 cm³/mol. The van der Waals surface area contributed by atoms with Crippen molar-refractivity contribution < 1.29 is 0 Å². The molecule has 0 radical (unpaired) electrons. The van der Waals surface area contributed by atoms with Crippen LogP contribution in [-0.4, -0.2) is 29.3 Å². The maximum absolute atomic E-state index is 6.33. The molecular weight excluding hydrogens is 398 g/mol. The summed E-state index contributed by atoms with van der Waals surface area (Å²) in [7, 11) is 2.09. The molecule has 2 N–H and O–H groups in total. The zero-order chi connectivity index (χ0) is 17.3. The van der Waals surface area contributed by atoms with Crippen molar-refractivity contribution in [3.8, 4) is 0 Å². The molecule has 0 aromatic carbocycles. The average Bonchev–Trinajstić information content (AvgIpc) is 2.52. The molecule has 0 unspecified atom stereocenters. The zero-order valence-electron chi connectivity index (χ0n) is 15.5. The Kier molecular flexibility index (Phi) is 6.54. The fraction of sp³-hybridized carbons (Fsp3) is 0.611. The van der Waals surface area contributed by atoms with Crippen LogP contribution in [0.15, 0.2) is 26.9 Å². The van der Waals surface area contributed by atoms with Crippen molar-refractivity contribution in [2.45, 2.75) is 57.9 Å². The standard InChI is InChI=1S/C18H27N5S.BrH/c1-5-6-7-8-23(4)16-14-17(21-11-20-16)24-15-12(19)9-18(2,3)10-13(15)22-14;/h11H,5-10,19H2,1-4H3;1H. The average molecular weight is 426 g/mol. The molecule has 2 heterocycles. The van der Waals surface area contributed by atoms with Gasteiger partial charge in [-0.25, -0.2) is 15.0 Å². The molecule has 138 valence electrons. The lowest BCUT2D eigenvalue weighted by Gasteiger charge is -2.34. The third-order valence-corrected chi connectivity index (χ3v) is 5.74. The number of allylic oxidation sites excluding steroid dienone is 2. The topological polar surface area (TPSA) is 67.4 Å². The number of unbranched alkanes of at least 4 members (excludes halogenated alkanes) is 2. The zero-order valence-corrected chi connectivity index (χ0v) is 18.0. The van der Waals surface area contributed by atoms with E-state index >= 15 is 0 Å². The van der Waals surface area contributed by atoms with Gasteiger partial charge in [0.1, 0.15) is 17.0 Å². The molecule has 0 fully saturated rings. The maximum Gasteiger partial charge on any atom is 0.158 e. The first-order chi connectivity index (χ1) is 11.4.